The van der Waals surface area contributed by atoms with Crippen molar-refractivity contribution < 1.29 is 14.6 Å². The molecular formula is C19H31N3O+2. The number of amides is 1. The Balaban J connectivity index is 1.66. The molecule has 0 aliphatic carbocycles. The number of hydrogen-bond donors (Lipinski definition) is 3. The van der Waals surface area contributed by atoms with Crippen LogP contribution in [0, 0.1) is 0 Å². The summed E-state index contributed by atoms with van der Waals surface area (Å²) in [4.78, 5) is 15.0. The van der Waals surface area contributed by atoms with Crippen molar-refractivity contribution >= 4 is 12.0 Å². The maximum Gasteiger partial charge on any atom is 0.275 e. The molecule has 1 atom stereocenters. The average molecular weight is 317 g/mol. The zero-order valence-corrected chi connectivity index (χ0v) is 14.5. The largest absolute Gasteiger partial charge is 0.349 e. The molecule has 1 heterocycles. The van der Waals surface area contributed by atoms with Gasteiger partial charge in [0, 0.05) is 6.04 Å². The van der Waals surface area contributed by atoms with Crippen LogP contribution in [0.1, 0.15) is 25.8 Å². The number of benzene rings is 1. The first-order valence-corrected chi connectivity index (χ1v) is 8.85. The van der Waals surface area contributed by atoms with E-state index in [1.54, 1.807) is 4.90 Å². The van der Waals surface area contributed by atoms with Crippen LogP contribution in [0.2, 0.25) is 0 Å². The van der Waals surface area contributed by atoms with Gasteiger partial charge in [-0.2, -0.15) is 0 Å². The van der Waals surface area contributed by atoms with E-state index in [0.717, 1.165) is 39.1 Å². The van der Waals surface area contributed by atoms with E-state index in [9.17, 15) is 4.79 Å². The third-order valence-electron chi connectivity index (χ3n) is 4.61. The van der Waals surface area contributed by atoms with Gasteiger partial charge in [0.25, 0.3) is 5.91 Å². The molecule has 0 bridgehead atoms. The van der Waals surface area contributed by atoms with Crippen LogP contribution in [0.15, 0.2) is 36.4 Å². The van der Waals surface area contributed by atoms with Gasteiger partial charge in [-0.1, -0.05) is 43.3 Å². The summed E-state index contributed by atoms with van der Waals surface area (Å²) in [6, 6.07) is 10.7. The number of hydrogen-bond acceptors (Lipinski definition) is 1. The maximum atomic E-state index is 11.9. The molecule has 0 radical (unpaired) electrons. The fourth-order valence-electron chi connectivity index (χ4n) is 2.92. The van der Waals surface area contributed by atoms with Gasteiger partial charge >= 0.3 is 0 Å². The minimum absolute atomic E-state index is 0.196. The first kappa shape index (κ1) is 17.7. The Labute approximate surface area is 140 Å². The number of nitrogens with one attached hydrogen (secondary N) is 3. The number of carbonyl (C=O) groups is 1. The molecule has 1 aromatic rings. The fraction of sp³-hybridized carbons (Fsp3) is 0.526. The van der Waals surface area contributed by atoms with E-state index in [-0.39, 0.29) is 11.9 Å². The molecule has 1 aromatic carbocycles. The second-order valence-electron chi connectivity index (χ2n) is 6.57. The molecule has 1 amide bonds. The van der Waals surface area contributed by atoms with Crippen molar-refractivity contribution in [3.8, 4) is 0 Å². The monoisotopic (exact) mass is 317 g/mol. The summed E-state index contributed by atoms with van der Waals surface area (Å²) in [5.41, 5.74) is 1.26. The summed E-state index contributed by atoms with van der Waals surface area (Å²) >= 11 is 0. The Hall–Kier alpha value is -1.65. The minimum atomic E-state index is 0.196. The molecule has 3 N–H and O–H groups in total. The second kappa shape index (κ2) is 9.48. The van der Waals surface area contributed by atoms with Crippen LogP contribution in [0.25, 0.3) is 6.08 Å². The van der Waals surface area contributed by atoms with Gasteiger partial charge in [0.15, 0.2) is 6.54 Å². The van der Waals surface area contributed by atoms with Crippen molar-refractivity contribution in [3.05, 3.63) is 42.0 Å². The van der Waals surface area contributed by atoms with Crippen LogP contribution < -0.4 is 15.1 Å². The fourth-order valence-corrected chi connectivity index (χ4v) is 2.92. The lowest BCUT2D eigenvalue weighted by molar-refractivity contribution is -1.01. The second-order valence-corrected chi connectivity index (χ2v) is 6.57. The molecule has 4 heteroatoms. The summed E-state index contributed by atoms with van der Waals surface area (Å²) in [5, 5.41) is 3.06. The predicted molar refractivity (Wildman–Crippen MR) is 94.5 cm³/mol. The van der Waals surface area contributed by atoms with Gasteiger partial charge in [0.1, 0.15) is 26.2 Å². The number of rotatable bonds is 7. The molecule has 1 fully saturated rings. The Morgan fingerprint density at radius 3 is 2.48 bits per heavy atom. The normalized spacial score (nSPS) is 22.9. The molecule has 1 saturated heterocycles. The van der Waals surface area contributed by atoms with Crippen LogP contribution in [-0.4, -0.2) is 51.2 Å². The van der Waals surface area contributed by atoms with E-state index in [4.69, 9.17) is 0 Å². The Bertz CT molecular complexity index is 493. The highest BCUT2D eigenvalue weighted by Gasteiger charge is 2.24. The van der Waals surface area contributed by atoms with Gasteiger partial charge in [-0.15, -0.1) is 0 Å². The van der Waals surface area contributed by atoms with Crippen molar-refractivity contribution in [1.29, 1.82) is 0 Å². The van der Waals surface area contributed by atoms with E-state index in [1.807, 2.05) is 6.07 Å². The van der Waals surface area contributed by atoms with Crippen LogP contribution in [0.5, 0.6) is 0 Å². The van der Waals surface area contributed by atoms with E-state index in [0.29, 0.717) is 6.54 Å². The van der Waals surface area contributed by atoms with Crippen LogP contribution in [-0.2, 0) is 4.79 Å². The Morgan fingerprint density at radius 1 is 1.17 bits per heavy atom. The molecule has 0 spiro atoms. The number of carbonyl (C=O) groups excluding carboxylic acids is 1. The number of piperazine rings is 1. The lowest BCUT2D eigenvalue weighted by Gasteiger charge is -2.29. The minimum Gasteiger partial charge on any atom is -0.349 e. The Kier molecular flexibility index (Phi) is 7.30. The smallest absolute Gasteiger partial charge is 0.275 e. The number of quaternary nitrogens is 2. The van der Waals surface area contributed by atoms with Crippen LogP contribution >= 0.6 is 0 Å². The van der Waals surface area contributed by atoms with E-state index < -0.39 is 0 Å². The molecule has 126 valence electrons. The lowest BCUT2D eigenvalue weighted by atomic mass is 10.2. The van der Waals surface area contributed by atoms with E-state index in [1.165, 1.54) is 10.5 Å². The molecule has 0 unspecified atom stereocenters. The van der Waals surface area contributed by atoms with Gasteiger partial charge in [-0.3, -0.25) is 4.79 Å². The highest BCUT2D eigenvalue weighted by molar-refractivity contribution is 5.77. The summed E-state index contributed by atoms with van der Waals surface area (Å²) in [7, 11) is 0. The zero-order chi connectivity index (χ0) is 16.5. The third-order valence-corrected chi connectivity index (χ3v) is 4.61. The quantitative estimate of drug-likeness (QED) is 0.617. The summed E-state index contributed by atoms with van der Waals surface area (Å²) in [5.74, 6) is 0.196. The molecule has 1 aliphatic heterocycles. The van der Waals surface area contributed by atoms with Crippen molar-refractivity contribution in [2.24, 2.45) is 0 Å². The van der Waals surface area contributed by atoms with Gasteiger partial charge in [-0.25, -0.2) is 0 Å². The van der Waals surface area contributed by atoms with Crippen LogP contribution in [0.4, 0.5) is 0 Å². The third kappa shape index (κ3) is 6.55. The lowest BCUT2D eigenvalue weighted by Crippen LogP contribution is -3.28. The first-order chi connectivity index (χ1) is 11.2. The molecule has 1 aliphatic rings. The topological polar surface area (TPSA) is 38.0 Å². The standard InChI is InChI=1S/C19H29N3O/c1-3-17(2)20-19(23)16-22-14-12-21(13-15-22)11-7-10-18-8-5-4-6-9-18/h4-10,17H,3,11-16H2,1-2H3,(H,20,23)/p+2/b10-7+/t17-/m1/s1. The molecular weight excluding hydrogens is 286 g/mol. The van der Waals surface area contributed by atoms with Gasteiger partial charge in [0.05, 0.1) is 6.54 Å². The average Bonchev–Trinajstić information content (AvgIpc) is 2.57. The zero-order valence-electron chi connectivity index (χ0n) is 14.5. The molecule has 0 saturated carbocycles. The molecule has 0 aromatic heterocycles. The van der Waals surface area contributed by atoms with Gasteiger partial charge in [-0.05, 0) is 25.0 Å². The summed E-state index contributed by atoms with van der Waals surface area (Å²) in [6.07, 6.45) is 5.46. The van der Waals surface area contributed by atoms with Gasteiger partial charge < -0.3 is 15.1 Å². The SMILES string of the molecule is CC[C@@H](C)NC(=O)C[NH+]1CC[NH+](C/C=C/c2ccccc2)CC1. The van der Waals surface area contributed by atoms with Crippen molar-refractivity contribution in [2.45, 2.75) is 26.3 Å². The first-order valence-electron chi connectivity index (χ1n) is 8.85. The molecule has 2 rings (SSSR count). The summed E-state index contributed by atoms with van der Waals surface area (Å²) in [6.45, 7) is 10.3. The van der Waals surface area contributed by atoms with Crippen LogP contribution in [0.3, 0.4) is 0 Å². The van der Waals surface area contributed by atoms with Crippen molar-refractivity contribution in [1.82, 2.24) is 5.32 Å². The Morgan fingerprint density at radius 2 is 1.83 bits per heavy atom. The van der Waals surface area contributed by atoms with Gasteiger partial charge in [0.2, 0.25) is 0 Å². The highest BCUT2D eigenvalue weighted by atomic mass is 16.2. The molecule has 4 nitrogen and oxygen atoms in total. The van der Waals surface area contributed by atoms with E-state index >= 15 is 0 Å². The highest BCUT2D eigenvalue weighted by Crippen LogP contribution is 1.99. The maximum absolute atomic E-state index is 11.9. The predicted octanol–water partition coefficient (Wildman–Crippen LogP) is -0.602. The van der Waals surface area contributed by atoms with Crippen molar-refractivity contribution in [3.63, 3.8) is 0 Å². The van der Waals surface area contributed by atoms with Crippen molar-refractivity contribution in [2.75, 3.05) is 39.3 Å². The summed E-state index contributed by atoms with van der Waals surface area (Å²) < 4.78 is 0. The van der Waals surface area contributed by atoms with E-state index in [2.05, 4.69) is 55.6 Å². The molecule has 23 heavy (non-hydrogen) atoms.